The molecule has 3 rings (SSSR count). The summed E-state index contributed by atoms with van der Waals surface area (Å²) in [5.41, 5.74) is 5.29. The van der Waals surface area contributed by atoms with Crippen molar-refractivity contribution in [3.63, 3.8) is 0 Å². The molecule has 1 aliphatic rings. The molecule has 2 aromatic carbocycles. The molecule has 1 saturated heterocycles. The maximum Gasteiger partial charge on any atom is 0.229 e. The van der Waals surface area contributed by atoms with Crippen molar-refractivity contribution in [2.45, 2.75) is 53.2 Å². The first-order valence-corrected chi connectivity index (χ1v) is 14.2. The van der Waals surface area contributed by atoms with Gasteiger partial charge in [-0.25, -0.2) is 0 Å². The van der Waals surface area contributed by atoms with Gasteiger partial charge in [-0.3, -0.25) is 9.69 Å². The zero-order valence-electron chi connectivity index (χ0n) is 24.7. The number of anilines is 1. The van der Waals surface area contributed by atoms with Gasteiger partial charge in [-0.2, -0.15) is 10.5 Å². The van der Waals surface area contributed by atoms with Crippen LogP contribution in [-0.4, -0.2) is 82.8 Å². The Hall–Kier alpha value is -3.89. The molecule has 0 aliphatic carbocycles. The molecule has 1 heterocycles. The Morgan fingerprint density at radius 2 is 1.59 bits per heavy atom. The van der Waals surface area contributed by atoms with Crippen LogP contribution < -0.4 is 4.90 Å². The van der Waals surface area contributed by atoms with Gasteiger partial charge in [0.2, 0.25) is 5.91 Å². The minimum atomic E-state index is -0.0767. The number of aryl methyl sites for hydroxylation is 2. The van der Waals surface area contributed by atoms with Gasteiger partial charge in [0, 0.05) is 64.0 Å². The second-order valence-corrected chi connectivity index (χ2v) is 10.8. The zero-order chi connectivity index (χ0) is 29.9. The number of nitriles is 2. The van der Waals surface area contributed by atoms with Crippen LogP contribution >= 0.6 is 0 Å². The fraction of sp³-hybridized carbons (Fsp3) is 0.469. The molecule has 41 heavy (non-hydrogen) atoms. The minimum Gasteiger partial charge on any atom is -0.395 e. The number of carbonyl (C=O) groups is 1. The molecule has 2 aromatic rings. The van der Waals surface area contributed by atoms with Gasteiger partial charge in [-0.15, -0.1) is 0 Å². The number of hydrogen-bond acceptors (Lipinski definition) is 8. The average Bonchev–Trinajstić information content (AvgIpc) is 3.30. The minimum absolute atomic E-state index is 0.00457. The molecule has 2 N–H and O–H groups in total. The summed E-state index contributed by atoms with van der Waals surface area (Å²) in [7, 11) is 0. The fourth-order valence-electron chi connectivity index (χ4n) is 5.54. The van der Waals surface area contributed by atoms with E-state index in [1.165, 1.54) is 11.1 Å². The predicted molar refractivity (Wildman–Crippen MR) is 159 cm³/mol. The van der Waals surface area contributed by atoms with E-state index in [2.05, 4.69) is 49.1 Å². The summed E-state index contributed by atoms with van der Waals surface area (Å²) in [5, 5.41) is 38.2. The summed E-state index contributed by atoms with van der Waals surface area (Å²) in [4.78, 5) is 21.4. The highest BCUT2D eigenvalue weighted by Crippen LogP contribution is 2.26. The van der Waals surface area contributed by atoms with E-state index in [-0.39, 0.29) is 37.2 Å². The largest absolute Gasteiger partial charge is 0.395 e. The lowest BCUT2D eigenvalue weighted by atomic mass is 10.1. The van der Waals surface area contributed by atoms with E-state index in [9.17, 15) is 25.5 Å². The quantitative estimate of drug-likeness (QED) is 0.360. The van der Waals surface area contributed by atoms with Crippen LogP contribution in [0.2, 0.25) is 0 Å². The van der Waals surface area contributed by atoms with Gasteiger partial charge in [-0.1, -0.05) is 41.5 Å². The normalized spacial score (nSPS) is 13.1. The van der Waals surface area contributed by atoms with Gasteiger partial charge in [0.1, 0.15) is 18.0 Å². The molecular weight excluding hydrogens is 516 g/mol. The number of hydrogen-bond donors (Lipinski definition) is 2. The van der Waals surface area contributed by atoms with E-state index >= 15 is 0 Å². The van der Waals surface area contributed by atoms with Crippen molar-refractivity contribution in [1.29, 1.82) is 10.5 Å². The Labute approximate surface area is 244 Å². The average molecular weight is 559 g/mol. The van der Waals surface area contributed by atoms with Crippen LogP contribution in [0.1, 0.15) is 42.5 Å². The van der Waals surface area contributed by atoms with E-state index < -0.39 is 0 Å². The summed E-state index contributed by atoms with van der Waals surface area (Å²) < 4.78 is 0. The highest BCUT2D eigenvalue weighted by molar-refractivity contribution is 5.94. The molecule has 0 atom stereocenters. The number of carbonyl (C=O) groups excluding carboxylic acids is 1. The topological polar surface area (TPSA) is 118 Å². The molecule has 0 spiro atoms. The number of benzene rings is 2. The first-order valence-electron chi connectivity index (χ1n) is 14.2. The molecule has 0 bridgehead atoms. The van der Waals surface area contributed by atoms with Gasteiger partial charge in [0.25, 0.3) is 0 Å². The molecule has 0 saturated carbocycles. The molecule has 1 amide bonds. The lowest BCUT2D eigenvalue weighted by Crippen LogP contribution is -2.39. The number of nitrogens with zero attached hydrogens (tertiary/aromatic N) is 6. The summed E-state index contributed by atoms with van der Waals surface area (Å²) >= 11 is 0. The molecule has 0 radical (unpaired) electrons. The van der Waals surface area contributed by atoms with Gasteiger partial charge >= 0.3 is 0 Å². The third-order valence-electron chi connectivity index (χ3n) is 7.15. The predicted octanol–water partition coefficient (Wildman–Crippen LogP) is 3.30. The van der Waals surface area contributed by atoms with Crippen molar-refractivity contribution in [1.82, 2.24) is 14.7 Å². The Morgan fingerprint density at radius 1 is 0.951 bits per heavy atom. The maximum absolute atomic E-state index is 13.6. The maximum atomic E-state index is 13.6. The number of aliphatic hydroxyl groups excluding tert-OH is 2. The smallest absolute Gasteiger partial charge is 0.229 e. The van der Waals surface area contributed by atoms with E-state index in [1.54, 1.807) is 4.90 Å². The van der Waals surface area contributed by atoms with Crippen LogP contribution in [0.5, 0.6) is 0 Å². The van der Waals surface area contributed by atoms with E-state index in [1.807, 2.05) is 47.9 Å². The van der Waals surface area contributed by atoms with Crippen molar-refractivity contribution in [3.8, 4) is 12.1 Å². The Balaban J connectivity index is 1.76. The van der Waals surface area contributed by atoms with Crippen molar-refractivity contribution in [2.75, 3.05) is 50.8 Å². The first-order chi connectivity index (χ1) is 19.7. The Bertz CT molecular complexity index is 1270. The second-order valence-electron chi connectivity index (χ2n) is 10.8. The van der Waals surface area contributed by atoms with Crippen LogP contribution in [-0.2, 0) is 17.9 Å². The molecule has 218 valence electrons. The Morgan fingerprint density at radius 3 is 2.17 bits per heavy atom. The van der Waals surface area contributed by atoms with Gasteiger partial charge < -0.3 is 24.9 Å². The van der Waals surface area contributed by atoms with Crippen molar-refractivity contribution >= 4 is 11.6 Å². The van der Waals surface area contributed by atoms with E-state index in [0.717, 1.165) is 16.8 Å². The lowest BCUT2D eigenvalue weighted by molar-refractivity contribution is -0.119. The van der Waals surface area contributed by atoms with Gasteiger partial charge in [-0.05, 0) is 51.0 Å². The van der Waals surface area contributed by atoms with Crippen molar-refractivity contribution < 1.29 is 15.0 Å². The summed E-state index contributed by atoms with van der Waals surface area (Å²) in [6.45, 7) is 11.8. The number of aliphatic hydroxyl groups is 2. The van der Waals surface area contributed by atoms with E-state index in [0.29, 0.717) is 51.6 Å². The fourth-order valence-corrected chi connectivity index (χ4v) is 5.54. The monoisotopic (exact) mass is 558 g/mol. The van der Waals surface area contributed by atoms with Crippen LogP contribution in [0.15, 0.2) is 53.9 Å². The van der Waals surface area contributed by atoms with Crippen molar-refractivity contribution in [3.05, 3.63) is 76.1 Å². The highest BCUT2D eigenvalue weighted by Gasteiger charge is 2.30. The second kappa shape index (κ2) is 15.2. The highest BCUT2D eigenvalue weighted by atomic mass is 16.3. The van der Waals surface area contributed by atoms with Crippen molar-refractivity contribution in [2.24, 2.45) is 0 Å². The number of rotatable bonds is 13. The van der Waals surface area contributed by atoms with Crippen LogP contribution in [0.25, 0.3) is 0 Å². The number of allylic oxidation sites excluding steroid dienone is 1. The third kappa shape index (κ3) is 8.55. The molecule has 0 aromatic heterocycles. The first kappa shape index (κ1) is 31.6. The van der Waals surface area contributed by atoms with Crippen LogP contribution in [0, 0.1) is 36.5 Å². The summed E-state index contributed by atoms with van der Waals surface area (Å²) in [6, 6.07) is 18.2. The molecule has 1 aliphatic heterocycles. The molecule has 1 fully saturated rings. The molecular formula is C32H42N6O3. The summed E-state index contributed by atoms with van der Waals surface area (Å²) in [5.74, 6) is 0.551. The lowest BCUT2D eigenvalue weighted by Gasteiger charge is -2.30. The SMILES string of the molecule is Cc1cc(C)cc(CN2CCN(CCC(=O)N(c3cccc(CN(CCO)CCO)c3)C(C)C)C2=C(C#N)C#N)c1. The van der Waals surface area contributed by atoms with Crippen LogP contribution in [0.4, 0.5) is 5.69 Å². The molecule has 9 nitrogen and oxygen atoms in total. The molecule has 0 unspecified atom stereocenters. The zero-order valence-corrected chi connectivity index (χ0v) is 24.7. The molecule has 9 heteroatoms. The van der Waals surface area contributed by atoms with Gasteiger partial charge in [0.05, 0.1) is 13.2 Å². The summed E-state index contributed by atoms with van der Waals surface area (Å²) in [6.07, 6.45) is 0.231. The number of amides is 1. The third-order valence-corrected chi connectivity index (χ3v) is 7.15. The van der Waals surface area contributed by atoms with E-state index in [4.69, 9.17) is 0 Å². The van der Waals surface area contributed by atoms with Gasteiger partial charge in [0.15, 0.2) is 5.57 Å². The standard InChI is InChI=1S/C32H42N6O3/c1-24(2)38(30-7-5-6-27(19-30)22-35(12-14-39)13-15-40)31(41)8-9-36-10-11-37(32(36)29(20-33)21-34)23-28-17-25(3)16-26(4)18-28/h5-7,16-19,24,39-40H,8-15,22-23H2,1-4H3. The van der Waals surface area contributed by atoms with Crippen LogP contribution in [0.3, 0.4) is 0 Å². The Kier molecular flexibility index (Phi) is 11.7.